The average molecular weight is 442 g/mol. The van der Waals surface area contributed by atoms with Crippen LogP contribution >= 0.6 is 23.5 Å². The Morgan fingerprint density at radius 2 is 2.10 bits per heavy atom. The molecule has 2 amide bonds. The first kappa shape index (κ1) is 21.6. The van der Waals surface area contributed by atoms with Crippen LogP contribution in [-0.2, 0) is 25.7 Å². The van der Waals surface area contributed by atoms with Gasteiger partial charge in [0.05, 0.1) is 6.54 Å². The summed E-state index contributed by atoms with van der Waals surface area (Å²) in [5.41, 5.74) is 11.4. The molecule has 29 heavy (non-hydrogen) atoms. The highest BCUT2D eigenvalue weighted by Gasteiger charge is 2.52. The molecule has 1 aromatic rings. The van der Waals surface area contributed by atoms with Gasteiger partial charge in [-0.2, -0.15) is 0 Å². The molecule has 0 aliphatic carbocycles. The summed E-state index contributed by atoms with van der Waals surface area (Å²) in [6, 6.07) is -0.618. The number of rotatable bonds is 7. The molecule has 13 heteroatoms. The van der Waals surface area contributed by atoms with Crippen LogP contribution in [-0.4, -0.2) is 71.4 Å². The Balaban J connectivity index is 1.81. The lowest BCUT2D eigenvalue weighted by Gasteiger charge is -2.48. The SMILES string of the molecule is CC(C)(C)OC(=O)C1=C(CSc2nnnn2CCC(N)=O)CS[C@@H]2C(N)C(=O)N12. The normalized spacial score (nSPS) is 21.7. The Labute approximate surface area is 175 Å². The number of hydrogen-bond acceptors (Lipinski definition) is 10. The molecule has 2 aliphatic rings. The number of carbonyl (C=O) groups is 3. The van der Waals surface area contributed by atoms with E-state index in [2.05, 4.69) is 15.5 Å². The first-order valence-corrected chi connectivity index (χ1v) is 10.9. The molecule has 158 valence electrons. The minimum Gasteiger partial charge on any atom is -0.455 e. The average Bonchev–Trinajstić information content (AvgIpc) is 3.09. The van der Waals surface area contributed by atoms with Crippen molar-refractivity contribution in [3.63, 3.8) is 0 Å². The van der Waals surface area contributed by atoms with Gasteiger partial charge in [-0.25, -0.2) is 9.48 Å². The van der Waals surface area contributed by atoms with Gasteiger partial charge in [0.1, 0.15) is 22.7 Å². The van der Waals surface area contributed by atoms with Gasteiger partial charge in [-0.15, -0.1) is 16.9 Å². The Hall–Kier alpha value is -2.12. The summed E-state index contributed by atoms with van der Waals surface area (Å²) in [5.74, 6) is -0.380. The zero-order valence-electron chi connectivity index (χ0n) is 16.3. The molecular formula is C16H23N7O4S2. The fourth-order valence-electron chi connectivity index (χ4n) is 2.81. The van der Waals surface area contributed by atoms with Gasteiger partial charge >= 0.3 is 5.97 Å². The fourth-order valence-corrected chi connectivity index (χ4v) is 5.15. The molecule has 2 aliphatic heterocycles. The monoisotopic (exact) mass is 441 g/mol. The quantitative estimate of drug-likeness (QED) is 0.320. The Bertz CT molecular complexity index is 864. The molecule has 3 rings (SSSR count). The number of amides is 2. The molecule has 0 saturated carbocycles. The number of fused-ring (bicyclic) bond motifs is 1. The molecule has 3 heterocycles. The van der Waals surface area contributed by atoms with Crippen LogP contribution in [0.1, 0.15) is 27.2 Å². The number of primary amides is 1. The van der Waals surface area contributed by atoms with E-state index >= 15 is 0 Å². The summed E-state index contributed by atoms with van der Waals surface area (Å²) in [5, 5.41) is 11.6. The highest BCUT2D eigenvalue weighted by atomic mass is 32.2. The topological polar surface area (TPSA) is 159 Å². The van der Waals surface area contributed by atoms with Gasteiger partial charge in [-0.05, 0) is 36.8 Å². The molecule has 11 nitrogen and oxygen atoms in total. The minimum atomic E-state index is -0.697. The minimum absolute atomic E-state index is 0.113. The van der Waals surface area contributed by atoms with Crippen molar-refractivity contribution in [2.45, 2.75) is 55.9 Å². The third kappa shape index (κ3) is 4.73. The number of hydrogen-bond donors (Lipinski definition) is 2. The number of carbonyl (C=O) groups excluding carboxylic acids is 3. The largest absolute Gasteiger partial charge is 0.455 e. The van der Waals surface area contributed by atoms with E-state index in [1.54, 1.807) is 20.8 Å². The predicted octanol–water partition coefficient (Wildman–Crippen LogP) is -0.521. The van der Waals surface area contributed by atoms with Gasteiger partial charge in [0, 0.05) is 17.9 Å². The first-order valence-electron chi connectivity index (χ1n) is 8.91. The number of aryl methyl sites for hydroxylation is 1. The molecule has 0 spiro atoms. The summed E-state index contributed by atoms with van der Waals surface area (Å²) in [7, 11) is 0. The third-order valence-corrected chi connectivity index (χ3v) is 6.53. The van der Waals surface area contributed by atoms with E-state index in [0.717, 1.165) is 5.57 Å². The summed E-state index contributed by atoms with van der Waals surface area (Å²) >= 11 is 2.82. The van der Waals surface area contributed by atoms with Crippen LogP contribution in [0.3, 0.4) is 0 Å². The maximum atomic E-state index is 12.8. The molecular weight excluding hydrogens is 418 g/mol. The second-order valence-electron chi connectivity index (χ2n) is 7.58. The van der Waals surface area contributed by atoms with Crippen LogP contribution in [0.5, 0.6) is 0 Å². The number of nitrogens with zero attached hydrogens (tertiary/aromatic N) is 5. The molecule has 1 aromatic heterocycles. The fraction of sp³-hybridized carbons (Fsp3) is 0.625. The zero-order valence-corrected chi connectivity index (χ0v) is 18.0. The van der Waals surface area contributed by atoms with Crippen LogP contribution in [0, 0.1) is 0 Å². The van der Waals surface area contributed by atoms with Crippen LogP contribution in [0.2, 0.25) is 0 Å². The number of nitrogens with two attached hydrogens (primary N) is 2. The van der Waals surface area contributed by atoms with Crippen molar-refractivity contribution in [2.24, 2.45) is 11.5 Å². The number of thioether (sulfide) groups is 2. The Morgan fingerprint density at radius 3 is 2.76 bits per heavy atom. The number of β-lactam (4-membered cyclic amide) rings is 1. The van der Waals surface area contributed by atoms with Crippen molar-refractivity contribution in [1.82, 2.24) is 25.1 Å². The maximum absolute atomic E-state index is 12.8. The maximum Gasteiger partial charge on any atom is 0.355 e. The molecule has 1 unspecified atom stereocenters. The van der Waals surface area contributed by atoms with Crippen molar-refractivity contribution in [3.8, 4) is 0 Å². The van der Waals surface area contributed by atoms with Crippen molar-refractivity contribution in [1.29, 1.82) is 0 Å². The van der Waals surface area contributed by atoms with E-state index in [0.29, 0.717) is 16.7 Å². The second-order valence-corrected chi connectivity index (χ2v) is 9.63. The predicted molar refractivity (Wildman–Crippen MR) is 106 cm³/mol. The van der Waals surface area contributed by atoms with Gasteiger partial charge in [-0.1, -0.05) is 11.8 Å². The van der Waals surface area contributed by atoms with Crippen LogP contribution in [0.15, 0.2) is 16.4 Å². The molecule has 0 radical (unpaired) electrons. The lowest BCUT2D eigenvalue weighted by atomic mass is 10.0. The molecule has 1 fully saturated rings. The van der Waals surface area contributed by atoms with E-state index in [-0.39, 0.29) is 29.9 Å². The van der Waals surface area contributed by atoms with E-state index in [4.69, 9.17) is 16.2 Å². The summed E-state index contributed by atoms with van der Waals surface area (Å²) in [4.78, 5) is 37.6. The molecule has 0 bridgehead atoms. The first-order chi connectivity index (χ1) is 13.6. The third-order valence-electron chi connectivity index (χ3n) is 4.13. The molecule has 4 N–H and O–H groups in total. The van der Waals surface area contributed by atoms with Gasteiger partial charge in [0.15, 0.2) is 0 Å². The lowest BCUT2D eigenvalue weighted by Crippen LogP contribution is -2.68. The number of ether oxygens (including phenoxy) is 1. The van der Waals surface area contributed by atoms with Gasteiger partial charge in [-0.3, -0.25) is 14.5 Å². The Morgan fingerprint density at radius 1 is 1.38 bits per heavy atom. The van der Waals surface area contributed by atoms with Gasteiger partial charge < -0.3 is 16.2 Å². The smallest absolute Gasteiger partial charge is 0.355 e. The van der Waals surface area contributed by atoms with Crippen molar-refractivity contribution >= 4 is 41.3 Å². The van der Waals surface area contributed by atoms with Crippen molar-refractivity contribution in [2.75, 3.05) is 11.5 Å². The second kappa shape index (κ2) is 8.32. The highest BCUT2D eigenvalue weighted by molar-refractivity contribution is 8.01. The number of aromatic nitrogens is 4. The standard InChI is InChI=1S/C16H23N7O4S2/c1-16(2,3)27-14(26)11-8(6-28-13-10(18)12(25)23(11)13)7-29-15-19-20-21-22(15)5-4-9(17)24/h10,13H,4-7,18H2,1-3H3,(H2,17,24)/t10?,13-/m1/s1. The molecule has 0 aromatic carbocycles. The van der Waals surface area contributed by atoms with Crippen LogP contribution < -0.4 is 11.5 Å². The number of esters is 1. The molecule has 2 atom stereocenters. The van der Waals surface area contributed by atoms with E-state index in [1.807, 2.05) is 0 Å². The van der Waals surface area contributed by atoms with Crippen molar-refractivity contribution < 1.29 is 19.1 Å². The summed E-state index contributed by atoms with van der Waals surface area (Å²) < 4.78 is 7.00. The van der Waals surface area contributed by atoms with E-state index in [1.165, 1.54) is 33.1 Å². The Kier molecular flexibility index (Phi) is 6.19. The van der Waals surface area contributed by atoms with Gasteiger partial charge in [0.2, 0.25) is 17.0 Å². The van der Waals surface area contributed by atoms with Crippen molar-refractivity contribution in [3.05, 3.63) is 11.3 Å². The lowest BCUT2D eigenvalue weighted by molar-refractivity contribution is -0.157. The van der Waals surface area contributed by atoms with Crippen LogP contribution in [0.25, 0.3) is 0 Å². The summed E-state index contributed by atoms with van der Waals surface area (Å²) in [6.45, 7) is 5.57. The highest BCUT2D eigenvalue weighted by Crippen LogP contribution is 2.41. The van der Waals surface area contributed by atoms with Crippen LogP contribution in [0.4, 0.5) is 0 Å². The summed E-state index contributed by atoms with van der Waals surface area (Å²) in [6.07, 6.45) is 0.113. The van der Waals surface area contributed by atoms with E-state index < -0.39 is 23.5 Å². The number of tetrazole rings is 1. The zero-order chi connectivity index (χ0) is 21.3. The van der Waals surface area contributed by atoms with E-state index in [9.17, 15) is 14.4 Å². The van der Waals surface area contributed by atoms with Gasteiger partial charge in [0.25, 0.3) is 0 Å². The molecule has 1 saturated heterocycles.